The minimum absolute atomic E-state index is 0.0113. The minimum Gasteiger partial charge on any atom is -0.456 e. The molecule has 29 heavy (non-hydrogen) atoms. The standard InChI is InChI=1S/C21H23N3O5/c1-13-6-4-5-9-21(13)19(27)24(20(28)23-21)11-18(26)29-12-17(25)15-10-22-16-8-3-2-7-14(15)16/h2-3,7-8,10,13,22H,4-6,9,11-12H2,1H3,(H,23,28)/t13-,21-/m1/s1. The summed E-state index contributed by atoms with van der Waals surface area (Å²) in [6.45, 7) is 0.991. The van der Waals surface area contributed by atoms with Gasteiger partial charge in [0.2, 0.25) is 5.78 Å². The van der Waals surface area contributed by atoms with E-state index in [1.807, 2.05) is 25.1 Å². The van der Waals surface area contributed by atoms with Gasteiger partial charge in [-0.05, 0) is 24.8 Å². The van der Waals surface area contributed by atoms with Gasteiger partial charge in [0.05, 0.1) is 0 Å². The summed E-state index contributed by atoms with van der Waals surface area (Å²) in [6, 6.07) is 6.74. The van der Waals surface area contributed by atoms with Crippen LogP contribution in [-0.2, 0) is 14.3 Å². The van der Waals surface area contributed by atoms with Gasteiger partial charge in [-0.1, -0.05) is 38.0 Å². The molecule has 8 heteroatoms. The van der Waals surface area contributed by atoms with Crippen LogP contribution >= 0.6 is 0 Å². The lowest BCUT2D eigenvalue weighted by Crippen LogP contribution is -2.54. The van der Waals surface area contributed by atoms with E-state index >= 15 is 0 Å². The number of esters is 1. The Balaban J connectivity index is 1.38. The molecular formula is C21H23N3O5. The van der Waals surface area contributed by atoms with Crippen molar-refractivity contribution < 1.29 is 23.9 Å². The van der Waals surface area contributed by atoms with Gasteiger partial charge in [0.25, 0.3) is 5.91 Å². The monoisotopic (exact) mass is 397 g/mol. The zero-order valence-electron chi connectivity index (χ0n) is 16.2. The number of hydrogen-bond acceptors (Lipinski definition) is 5. The van der Waals surface area contributed by atoms with Crippen molar-refractivity contribution in [2.24, 2.45) is 5.92 Å². The Kier molecular flexibility index (Phi) is 4.86. The number of ether oxygens (including phenoxy) is 1. The molecule has 1 aromatic heterocycles. The Hall–Kier alpha value is -3.16. The van der Waals surface area contributed by atoms with Gasteiger partial charge in [-0.15, -0.1) is 0 Å². The Morgan fingerprint density at radius 1 is 1.24 bits per heavy atom. The molecule has 2 aromatic rings. The second-order valence-corrected chi connectivity index (χ2v) is 7.77. The van der Waals surface area contributed by atoms with E-state index in [-0.39, 0.29) is 17.6 Å². The fraction of sp³-hybridized carbons (Fsp3) is 0.429. The van der Waals surface area contributed by atoms with Crippen LogP contribution in [0, 0.1) is 5.92 Å². The van der Waals surface area contributed by atoms with E-state index in [1.165, 1.54) is 0 Å². The predicted molar refractivity (Wildman–Crippen MR) is 104 cm³/mol. The summed E-state index contributed by atoms with van der Waals surface area (Å²) in [5, 5.41) is 3.54. The highest BCUT2D eigenvalue weighted by molar-refractivity contribution is 6.10. The fourth-order valence-corrected chi connectivity index (χ4v) is 4.34. The number of para-hydroxylation sites is 1. The number of rotatable bonds is 5. The van der Waals surface area contributed by atoms with Gasteiger partial charge in [0.15, 0.2) is 6.61 Å². The SMILES string of the molecule is C[C@@H]1CCCC[C@@]12NC(=O)N(CC(=O)OCC(=O)c1c[nH]c3ccccc13)C2=O. The molecule has 1 spiro atoms. The van der Waals surface area contributed by atoms with Crippen LogP contribution < -0.4 is 5.32 Å². The number of fused-ring (bicyclic) bond motifs is 1. The van der Waals surface area contributed by atoms with Gasteiger partial charge >= 0.3 is 12.0 Å². The third-order valence-corrected chi connectivity index (χ3v) is 6.04. The Bertz CT molecular complexity index is 997. The number of carbonyl (C=O) groups excluding carboxylic acids is 4. The summed E-state index contributed by atoms with van der Waals surface area (Å²) >= 11 is 0. The van der Waals surface area contributed by atoms with Crippen molar-refractivity contribution >= 4 is 34.6 Å². The van der Waals surface area contributed by atoms with Crippen molar-refractivity contribution in [2.45, 2.75) is 38.1 Å². The van der Waals surface area contributed by atoms with E-state index in [9.17, 15) is 19.2 Å². The van der Waals surface area contributed by atoms with Crippen LogP contribution in [-0.4, -0.2) is 52.3 Å². The minimum atomic E-state index is -0.921. The van der Waals surface area contributed by atoms with Crippen LogP contribution in [0.4, 0.5) is 4.79 Å². The molecule has 3 amide bonds. The van der Waals surface area contributed by atoms with Crippen LogP contribution in [0.2, 0.25) is 0 Å². The number of carbonyl (C=O) groups is 4. The van der Waals surface area contributed by atoms with Gasteiger partial charge < -0.3 is 15.0 Å². The van der Waals surface area contributed by atoms with E-state index in [4.69, 9.17) is 4.74 Å². The van der Waals surface area contributed by atoms with Gasteiger partial charge in [-0.3, -0.25) is 19.3 Å². The average molecular weight is 397 g/mol. The number of nitrogens with one attached hydrogen (secondary N) is 2. The summed E-state index contributed by atoms with van der Waals surface area (Å²) in [5.41, 5.74) is 0.321. The molecular weight excluding hydrogens is 374 g/mol. The van der Waals surface area contributed by atoms with E-state index < -0.39 is 30.7 Å². The molecule has 2 heterocycles. The Labute approximate surface area is 167 Å². The Morgan fingerprint density at radius 3 is 2.83 bits per heavy atom. The molecule has 1 saturated heterocycles. The Morgan fingerprint density at radius 2 is 2.03 bits per heavy atom. The number of Topliss-reactive ketones (excluding diaryl/α,β-unsaturated/α-hetero) is 1. The predicted octanol–water partition coefficient (Wildman–Crippen LogP) is 2.39. The number of H-pyrrole nitrogens is 1. The van der Waals surface area contributed by atoms with Gasteiger partial charge in [0.1, 0.15) is 12.1 Å². The highest BCUT2D eigenvalue weighted by Crippen LogP contribution is 2.38. The third-order valence-electron chi connectivity index (χ3n) is 6.04. The number of aromatic amines is 1. The molecule has 4 rings (SSSR count). The number of amides is 3. The molecule has 0 bridgehead atoms. The topological polar surface area (TPSA) is 109 Å². The number of benzene rings is 1. The molecule has 2 atom stereocenters. The van der Waals surface area contributed by atoms with Gasteiger partial charge in [-0.2, -0.15) is 0 Å². The summed E-state index contributed by atoms with van der Waals surface area (Å²) in [5.74, 6) is -1.51. The average Bonchev–Trinajstić information content (AvgIpc) is 3.24. The number of nitrogens with zero attached hydrogens (tertiary/aromatic N) is 1. The molecule has 0 radical (unpaired) electrons. The molecule has 2 aliphatic rings. The quantitative estimate of drug-likeness (QED) is 0.457. The highest BCUT2D eigenvalue weighted by atomic mass is 16.5. The van der Waals surface area contributed by atoms with Crippen LogP contribution in [0.25, 0.3) is 10.9 Å². The molecule has 0 unspecified atom stereocenters. The van der Waals surface area contributed by atoms with Crippen LogP contribution in [0.5, 0.6) is 0 Å². The van der Waals surface area contributed by atoms with E-state index in [1.54, 1.807) is 12.3 Å². The molecule has 2 fully saturated rings. The lowest BCUT2D eigenvalue weighted by Gasteiger charge is -2.36. The fourth-order valence-electron chi connectivity index (χ4n) is 4.34. The molecule has 2 N–H and O–H groups in total. The molecule has 1 aliphatic heterocycles. The molecule has 152 valence electrons. The number of ketones is 1. The first-order valence-electron chi connectivity index (χ1n) is 9.81. The smallest absolute Gasteiger partial charge is 0.326 e. The largest absolute Gasteiger partial charge is 0.456 e. The van der Waals surface area contributed by atoms with Crippen LogP contribution in [0.3, 0.4) is 0 Å². The first-order chi connectivity index (χ1) is 13.9. The van der Waals surface area contributed by atoms with Crippen molar-refractivity contribution in [3.05, 3.63) is 36.0 Å². The molecule has 8 nitrogen and oxygen atoms in total. The maximum atomic E-state index is 12.9. The zero-order chi connectivity index (χ0) is 20.6. The van der Waals surface area contributed by atoms with Crippen molar-refractivity contribution in [1.82, 2.24) is 15.2 Å². The first-order valence-corrected chi connectivity index (χ1v) is 9.81. The summed E-state index contributed by atoms with van der Waals surface area (Å²) < 4.78 is 5.06. The van der Waals surface area contributed by atoms with Crippen LogP contribution in [0.15, 0.2) is 30.5 Å². The number of hydrogen-bond donors (Lipinski definition) is 2. The highest BCUT2D eigenvalue weighted by Gasteiger charge is 2.55. The third kappa shape index (κ3) is 3.28. The maximum Gasteiger partial charge on any atom is 0.326 e. The first kappa shape index (κ1) is 19.2. The van der Waals surface area contributed by atoms with Crippen molar-refractivity contribution in [1.29, 1.82) is 0 Å². The number of urea groups is 1. The summed E-state index contributed by atoms with van der Waals surface area (Å²) in [7, 11) is 0. The molecule has 1 aliphatic carbocycles. The lowest BCUT2D eigenvalue weighted by molar-refractivity contribution is -0.147. The van der Waals surface area contributed by atoms with Gasteiger partial charge in [0, 0.05) is 22.7 Å². The van der Waals surface area contributed by atoms with E-state index in [0.29, 0.717) is 12.0 Å². The summed E-state index contributed by atoms with van der Waals surface area (Å²) in [4.78, 5) is 53.7. The maximum absolute atomic E-state index is 12.9. The summed E-state index contributed by atoms with van der Waals surface area (Å²) in [6.07, 6.45) is 4.87. The van der Waals surface area contributed by atoms with Crippen LogP contribution in [0.1, 0.15) is 43.0 Å². The number of imide groups is 1. The normalized spacial score (nSPS) is 24.2. The second kappa shape index (κ2) is 7.35. The van der Waals surface area contributed by atoms with Gasteiger partial charge in [-0.25, -0.2) is 4.79 Å². The van der Waals surface area contributed by atoms with Crippen molar-refractivity contribution in [3.63, 3.8) is 0 Å². The van der Waals surface area contributed by atoms with E-state index in [2.05, 4.69) is 10.3 Å². The van der Waals surface area contributed by atoms with Crippen molar-refractivity contribution in [3.8, 4) is 0 Å². The number of aromatic nitrogens is 1. The van der Waals surface area contributed by atoms with Crippen molar-refractivity contribution in [2.75, 3.05) is 13.2 Å². The van der Waals surface area contributed by atoms with E-state index in [0.717, 1.165) is 35.1 Å². The lowest BCUT2D eigenvalue weighted by atomic mass is 9.73. The molecule has 1 aromatic carbocycles. The second-order valence-electron chi connectivity index (χ2n) is 7.77. The molecule has 1 saturated carbocycles. The zero-order valence-corrected chi connectivity index (χ0v) is 16.2.